The fraction of sp³-hybridized carbons (Fsp3) is 0.136. The number of carbonyl (C=O) groups is 1. The van der Waals surface area contributed by atoms with E-state index in [2.05, 4.69) is 25.4 Å². The number of amides is 1. The molecule has 1 amide bonds. The second-order valence-electron chi connectivity index (χ2n) is 6.48. The number of hydrogen-bond acceptors (Lipinski definition) is 7. The van der Waals surface area contributed by atoms with Crippen molar-refractivity contribution in [2.24, 2.45) is 0 Å². The number of benzene rings is 1. The fourth-order valence-corrected chi connectivity index (χ4v) is 2.73. The van der Waals surface area contributed by atoms with Crippen molar-refractivity contribution in [3.05, 3.63) is 84.8 Å². The van der Waals surface area contributed by atoms with Gasteiger partial charge in [0.25, 0.3) is 0 Å². The van der Waals surface area contributed by atoms with Crippen LogP contribution in [0.4, 0.5) is 5.69 Å². The van der Waals surface area contributed by atoms with Crippen molar-refractivity contribution >= 4 is 11.6 Å². The number of pyridine rings is 2. The molecule has 0 bridgehead atoms. The van der Waals surface area contributed by atoms with Crippen molar-refractivity contribution in [1.82, 2.24) is 20.1 Å². The average molecular weight is 401 g/mol. The average Bonchev–Trinajstić information content (AvgIpc) is 3.27. The Kier molecular flexibility index (Phi) is 6.05. The van der Waals surface area contributed by atoms with E-state index in [1.807, 2.05) is 36.4 Å². The predicted molar refractivity (Wildman–Crippen MR) is 109 cm³/mol. The highest BCUT2D eigenvalue weighted by atomic mass is 16.5. The molecule has 3 aromatic heterocycles. The topological polar surface area (TPSA) is 103 Å². The molecule has 0 radical (unpaired) electrons. The van der Waals surface area contributed by atoms with Gasteiger partial charge in [-0.15, -0.1) is 0 Å². The summed E-state index contributed by atoms with van der Waals surface area (Å²) in [4.78, 5) is 24.7. The SMILES string of the molecule is O=C(CCc1nc(-c2cccnc2)no1)Nc1cccc(OCc2cccnc2)c1. The van der Waals surface area contributed by atoms with Crippen LogP contribution >= 0.6 is 0 Å². The Morgan fingerprint density at radius 3 is 2.70 bits per heavy atom. The Morgan fingerprint density at radius 2 is 1.90 bits per heavy atom. The van der Waals surface area contributed by atoms with Gasteiger partial charge in [0.2, 0.25) is 17.6 Å². The van der Waals surface area contributed by atoms with Crippen molar-refractivity contribution in [3.63, 3.8) is 0 Å². The minimum absolute atomic E-state index is 0.152. The monoisotopic (exact) mass is 401 g/mol. The Balaban J connectivity index is 1.28. The maximum Gasteiger partial charge on any atom is 0.227 e. The van der Waals surface area contributed by atoms with Gasteiger partial charge >= 0.3 is 0 Å². The van der Waals surface area contributed by atoms with Crippen LogP contribution in [0.1, 0.15) is 17.9 Å². The van der Waals surface area contributed by atoms with Crippen LogP contribution in [0.25, 0.3) is 11.4 Å². The summed E-state index contributed by atoms with van der Waals surface area (Å²) in [6, 6.07) is 14.7. The van der Waals surface area contributed by atoms with E-state index in [4.69, 9.17) is 9.26 Å². The van der Waals surface area contributed by atoms with E-state index in [1.165, 1.54) is 0 Å². The number of nitrogens with zero attached hydrogens (tertiary/aromatic N) is 4. The van der Waals surface area contributed by atoms with Crippen molar-refractivity contribution in [1.29, 1.82) is 0 Å². The molecule has 4 aromatic rings. The van der Waals surface area contributed by atoms with Gasteiger partial charge in [-0.3, -0.25) is 14.8 Å². The number of carbonyl (C=O) groups excluding carboxylic acids is 1. The van der Waals surface area contributed by atoms with Gasteiger partial charge in [-0.2, -0.15) is 4.98 Å². The molecule has 3 heterocycles. The van der Waals surface area contributed by atoms with Crippen LogP contribution in [0.3, 0.4) is 0 Å². The lowest BCUT2D eigenvalue weighted by atomic mass is 10.2. The normalized spacial score (nSPS) is 10.5. The van der Waals surface area contributed by atoms with E-state index in [9.17, 15) is 4.79 Å². The van der Waals surface area contributed by atoms with Crippen molar-refractivity contribution < 1.29 is 14.1 Å². The van der Waals surface area contributed by atoms with Crippen molar-refractivity contribution in [3.8, 4) is 17.1 Å². The molecule has 0 saturated heterocycles. The van der Waals surface area contributed by atoms with E-state index in [0.717, 1.165) is 11.1 Å². The minimum Gasteiger partial charge on any atom is -0.489 e. The molecule has 4 rings (SSSR count). The Bertz CT molecular complexity index is 1100. The lowest BCUT2D eigenvalue weighted by Gasteiger charge is -2.09. The van der Waals surface area contributed by atoms with Gasteiger partial charge in [0.05, 0.1) is 0 Å². The number of rotatable bonds is 8. The van der Waals surface area contributed by atoms with Gasteiger partial charge in [-0.1, -0.05) is 17.3 Å². The van der Waals surface area contributed by atoms with E-state index in [1.54, 1.807) is 36.9 Å². The first-order valence-corrected chi connectivity index (χ1v) is 9.41. The third-order valence-corrected chi connectivity index (χ3v) is 4.20. The third-order valence-electron chi connectivity index (χ3n) is 4.20. The lowest BCUT2D eigenvalue weighted by Crippen LogP contribution is -2.12. The first kappa shape index (κ1) is 19.3. The molecule has 0 unspecified atom stereocenters. The molecule has 8 heteroatoms. The molecule has 0 saturated carbocycles. The molecule has 1 aromatic carbocycles. The summed E-state index contributed by atoms with van der Waals surface area (Å²) in [5.41, 5.74) is 2.39. The summed E-state index contributed by atoms with van der Waals surface area (Å²) in [7, 11) is 0. The molecule has 30 heavy (non-hydrogen) atoms. The number of anilines is 1. The molecule has 0 aliphatic carbocycles. The van der Waals surface area contributed by atoms with Gasteiger partial charge in [-0.25, -0.2) is 0 Å². The summed E-state index contributed by atoms with van der Waals surface area (Å²) in [5.74, 6) is 1.37. The molecule has 0 atom stereocenters. The zero-order valence-electron chi connectivity index (χ0n) is 16.1. The molecular weight excluding hydrogens is 382 g/mol. The lowest BCUT2D eigenvalue weighted by molar-refractivity contribution is -0.116. The molecule has 1 N–H and O–H groups in total. The quantitative estimate of drug-likeness (QED) is 0.480. The number of ether oxygens (including phenoxy) is 1. The summed E-state index contributed by atoms with van der Waals surface area (Å²) in [6.45, 7) is 0.404. The third kappa shape index (κ3) is 5.26. The summed E-state index contributed by atoms with van der Waals surface area (Å²) < 4.78 is 11.0. The Morgan fingerprint density at radius 1 is 1.03 bits per heavy atom. The highest BCUT2D eigenvalue weighted by Crippen LogP contribution is 2.19. The van der Waals surface area contributed by atoms with Gasteiger partial charge < -0.3 is 14.6 Å². The Labute approximate surface area is 173 Å². The maximum absolute atomic E-state index is 12.3. The van der Waals surface area contributed by atoms with Crippen LogP contribution in [0.2, 0.25) is 0 Å². The fourth-order valence-electron chi connectivity index (χ4n) is 2.73. The van der Waals surface area contributed by atoms with E-state index in [0.29, 0.717) is 36.2 Å². The van der Waals surface area contributed by atoms with Crippen LogP contribution in [0.5, 0.6) is 5.75 Å². The first-order chi connectivity index (χ1) is 14.8. The van der Waals surface area contributed by atoms with Crippen LogP contribution in [0, 0.1) is 0 Å². The molecular formula is C22H19N5O3. The summed E-state index contributed by atoms with van der Waals surface area (Å²) >= 11 is 0. The van der Waals surface area contributed by atoms with Gasteiger partial charge in [-0.05, 0) is 30.3 Å². The van der Waals surface area contributed by atoms with E-state index in [-0.39, 0.29) is 12.3 Å². The van der Waals surface area contributed by atoms with Crippen LogP contribution in [-0.2, 0) is 17.8 Å². The second-order valence-corrected chi connectivity index (χ2v) is 6.48. The van der Waals surface area contributed by atoms with Crippen molar-refractivity contribution in [2.45, 2.75) is 19.4 Å². The standard InChI is InChI=1S/C22H19N5O3/c28-20(8-9-21-26-22(27-30-21)17-5-3-11-24-14-17)25-18-6-1-7-19(12-18)29-15-16-4-2-10-23-13-16/h1-7,10-14H,8-9,15H2,(H,25,28). The van der Waals surface area contributed by atoms with Crippen molar-refractivity contribution in [2.75, 3.05) is 5.32 Å². The highest BCUT2D eigenvalue weighted by Gasteiger charge is 2.11. The molecule has 150 valence electrons. The smallest absolute Gasteiger partial charge is 0.227 e. The summed E-state index contributed by atoms with van der Waals surface area (Å²) in [6.07, 6.45) is 7.36. The minimum atomic E-state index is -0.152. The number of aromatic nitrogens is 4. The second kappa shape index (κ2) is 9.42. The molecule has 0 fully saturated rings. The first-order valence-electron chi connectivity index (χ1n) is 9.41. The van der Waals surface area contributed by atoms with E-state index < -0.39 is 0 Å². The number of hydrogen-bond donors (Lipinski definition) is 1. The van der Waals surface area contributed by atoms with Crippen LogP contribution in [-0.4, -0.2) is 26.0 Å². The van der Waals surface area contributed by atoms with Gasteiger partial charge in [0, 0.05) is 60.5 Å². The number of aryl methyl sites for hydroxylation is 1. The van der Waals surface area contributed by atoms with E-state index >= 15 is 0 Å². The molecule has 0 aliphatic rings. The largest absolute Gasteiger partial charge is 0.489 e. The van der Waals surface area contributed by atoms with Crippen LogP contribution < -0.4 is 10.1 Å². The highest BCUT2D eigenvalue weighted by molar-refractivity contribution is 5.90. The zero-order chi connectivity index (χ0) is 20.6. The van der Waals surface area contributed by atoms with Gasteiger partial charge in [0.15, 0.2) is 0 Å². The molecule has 0 aliphatic heterocycles. The zero-order valence-corrected chi connectivity index (χ0v) is 16.1. The molecule has 0 spiro atoms. The Hall–Kier alpha value is -4.07. The number of nitrogens with one attached hydrogen (secondary N) is 1. The van der Waals surface area contributed by atoms with Gasteiger partial charge in [0.1, 0.15) is 12.4 Å². The summed E-state index contributed by atoms with van der Waals surface area (Å²) in [5, 5.41) is 6.78. The van der Waals surface area contributed by atoms with Crippen LogP contribution in [0.15, 0.2) is 77.8 Å². The molecule has 8 nitrogen and oxygen atoms in total. The maximum atomic E-state index is 12.3. The predicted octanol–water partition coefficient (Wildman–Crippen LogP) is 3.68.